The number of rotatable bonds is 15. The molecule has 0 radical (unpaired) electrons. The molecule has 12 heteroatoms. The average Bonchev–Trinajstić information content (AvgIpc) is 3.06. The maximum atomic E-state index is 13.3. The van der Waals surface area contributed by atoms with E-state index in [9.17, 15) is 14.4 Å². The lowest BCUT2D eigenvalue weighted by molar-refractivity contribution is -0.132. The summed E-state index contributed by atoms with van der Waals surface area (Å²) in [6.45, 7) is 3.51. The van der Waals surface area contributed by atoms with Gasteiger partial charge in [-0.25, -0.2) is 5.43 Å². The van der Waals surface area contributed by atoms with Gasteiger partial charge in [0.15, 0.2) is 24.2 Å². The molecule has 0 bridgehead atoms. The van der Waals surface area contributed by atoms with E-state index >= 15 is 0 Å². The summed E-state index contributed by atoms with van der Waals surface area (Å²) in [5.41, 5.74) is 4.60. The Kier molecular flexibility index (Phi) is 13.0. The van der Waals surface area contributed by atoms with E-state index in [1.54, 1.807) is 49.4 Å². The van der Waals surface area contributed by atoms with Crippen LogP contribution in [-0.2, 0) is 20.8 Å². The first-order valence-corrected chi connectivity index (χ1v) is 15.5. The van der Waals surface area contributed by atoms with Gasteiger partial charge in [-0.1, -0.05) is 71.7 Å². The van der Waals surface area contributed by atoms with Crippen LogP contribution >= 0.6 is 23.2 Å². The number of ether oxygens (including phenoxy) is 3. The first-order chi connectivity index (χ1) is 22.7. The van der Waals surface area contributed by atoms with E-state index < -0.39 is 24.0 Å². The molecule has 0 fully saturated rings. The number of nitrogens with one attached hydrogen (secondary N) is 3. The van der Waals surface area contributed by atoms with Gasteiger partial charge in [0.25, 0.3) is 17.7 Å². The lowest BCUT2D eigenvalue weighted by Gasteiger charge is -2.21. The summed E-state index contributed by atoms with van der Waals surface area (Å²) in [4.78, 5) is 38.6. The second kappa shape index (κ2) is 17.6. The smallest absolute Gasteiger partial charge is 0.262 e. The molecule has 4 rings (SSSR count). The minimum Gasteiger partial charge on any atom is -0.490 e. The topological polar surface area (TPSA) is 127 Å². The zero-order chi connectivity index (χ0) is 33.6. The van der Waals surface area contributed by atoms with E-state index in [0.29, 0.717) is 34.4 Å². The lowest BCUT2D eigenvalue weighted by Crippen LogP contribution is -2.50. The van der Waals surface area contributed by atoms with Crippen LogP contribution in [0.25, 0.3) is 0 Å². The number of carbonyl (C=O) groups is 3. The van der Waals surface area contributed by atoms with Crippen molar-refractivity contribution in [1.29, 1.82) is 0 Å². The fourth-order valence-corrected chi connectivity index (χ4v) is 4.72. The molecule has 0 heterocycles. The molecule has 0 saturated heterocycles. The predicted molar refractivity (Wildman–Crippen MR) is 183 cm³/mol. The fourth-order valence-electron chi connectivity index (χ4n) is 4.27. The first kappa shape index (κ1) is 34.8. The molecule has 0 aliphatic heterocycles. The van der Waals surface area contributed by atoms with Gasteiger partial charge in [-0.05, 0) is 73.5 Å². The van der Waals surface area contributed by atoms with Crippen LogP contribution < -0.4 is 30.3 Å². The van der Waals surface area contributed by atoms with Crippen LogP contribution in [0.4, 0.5) is 5.69 Å². The van der Waals surface area contributed by atoms with Crippen LogP contribution in [0.5, 0.6) is 17.2 Å². The van der Waals surface area contributed by atoms with Crippen molar-refractivity contribution in [1.82, 2.24) is 10.7 Å². The number of hydrazone groups is 1. The number of halogens is 2. The van der Waals surface area contributed by atoms with Crippen LogP contribution in [0.3, 0.4) is 0 Å². The summed E-state index contributed by atoms with van der Waals surface area (Å²) in [6.07, 6.45) is 0.674. The zero-order valence-corrected chi connectivity index (χ0v) is 27.3. The van der Waals surface area contributed by atoms with Gasteiger partial charge in [-0.15, -0.1) is 0 Å². The number of amides is 3. The van der Waals surface area contributed by atoms with Crippen LogP contribution in [0, 0.1) is 0 Å². The maximum Gasteiger partial charge on any atom is 0.262 e. The Bertz CT molecular complexity index is 1690. The van der Waals surface area contributed by atoms with Crippen LogP contribution in [0.15, 0.2) is 102 Å². The molecule has 0 saturated carbocycles. The normalized spacial score (nSPS) is 12.1. The SMILES string of the molecule is CCOc1cc(/C=N\NC(=O)[C@@H](Cc2ccccc2)NC(=O)[C@@H](C)Oc2ccc(Cl)cc2Cl)ccc1OCC(=O)Nc1ccccc1. The summed E-state index contributed by atoms with van der Waals surface area (Å²) < 4.78 is 17.1. The zero-order valence-electron chi connectivity index (χ0n) is 25.7. The van der Waals surface area contributed by atoms with Crippen molar-refractivity contribution in [3.05, 3.63) is 118 Å². The van der Waals surface area contributed by atoms with Gasteiger partial charge in [0.1, 0.15) is 11.8 Å². The van der Waals surface area contributed by atoms with E-state index in [4.69, 9.17) is 37.4 Å². The third kappa shape index (κ3) is 11.1. The maximum absolute atomic E-state index is 13.3. The summed E-state index contributed by atoms with van der Waals surface area (Å²) >= 11 is 12.1. The van der Waals surface area contributed by atoms with E-state index in [0.717, 1.165) is 5.56 Å². The third-order valence-electron chi connectivity index (χ3n) is 6.55. The summed E-state index contributed by atoms with van der Waals surface area (Å²) in [5.74, 6) is -0.322. The van der Waals surface area contributed by atoms with Crippen molar-refractivity contribution in [2.24, 2.45) is 5.10 Å². The molecule has 244 valence electrons. The molecule has 0 aliphatic carbocycles. The van der Waals surface area contributed by atoms with Crippen molar-refractivity contribution in [3.8, 4) is 17.2 Å². The van der Waals surface area contributed by atoms with E-state index in [-0.39, 0.29) is 29.7 Å². The number of carbonyl (C=O) groups excluding carboxylic acids is 3. The molecule has 0 aliphatic rings. The number of benzene rings is 4. The molecule has 4 aromatic rings. The summed E-state index contributed by atoms with van der Waals surface area (Å²) in [6, 6.07) is 27.1. The van der Waals surface area contributed by atoms with Crippen molar-refractivity contribution in [3.63, 3.8) is 0 Å². The van der Waals surface area contributed by atoms with E-state index in [1.807, 2.05) is 55.5 Å². The molecule has 3 N–H and O–H groups in total. The Balaban J connectivity index is 1.39. The minimum absolute atomic E-state index is 0.209. The van der Waals surface area contributed by atoms with Crippen molar-refractivity contribution < 1.29 is 28.6 Å². The number of hydrogen-bond acceptors (Lipinski definition) is 7. The van der Waals surface area contributed by atoms with Gasteiger partial charge in [0.2, 0.25) is 0 Å². The standard InChI is InChI=1S/C35H34Cl2N4O6/c1-3-45-32-19-25(14-16-31(32)46-22-33(42)39-27-12-8-5-9-13-27)21-38-41-35(44)29(18-24-10-6-4-7-11-24)40-34(43)23(2)47-30-17-15-26(36)20-28(30)37/h4-17,19-21,23,29H,3,18,22H2,1-2H3,(H,39,42)(H,40,43)(H,41,44)/b38-21-/t23-,29-/m1/s1. The molecule has 3 amide bonds. The number of para-hydroxylation sites is 1. The highest BCUT2D eigenvalue weighted by Gasteiger charge is 2.25. The second-order valence-corrected chi connectivity index (χ2v) is 11.0. The fraction of sp³-hybridized carbons (Fsp3) is 0.200. The summed E-state index contributed by atoms with van der Waals surface area (Å²) in [7, 11) is 0. The highest BCUT2D eigenvalue weighted by molar-refractivity contribution is 6.35. The minimum atomic E-state index is -0.967. The van der Waals surface area contributed by atoms with Crippen molar-refractivity contribution in [2.45, 2.75) is 32.4 Å². The number of anilines is 1. The molecule has 10 nitrogen and oxygen atoms in total. The van der Waals surface area contributed by atoms with Gasteiger partial charge in [0, 0.05) is 17.1 Å². The monoisotopic (exact) mass is 676 g/mol. The van der Waals surface area contributed by atoms with Crippen molar-refractivity contribution in [2.75, 3.05) is 18.5 Å². The molecule has 0 aromatic heterocycles. The molecule has 47 heavy (non-hydrogen) atoms. The molecule has 4 aromatic carbocycles. The Morgan fingerprint density at radius 2 is 1.53 bits per heavy atom. The Morgan fingerprint density at radius 3 is 2.23 bits per heavy atom. The molecular weight excluding hydrogens is 643 g/mol. The second-order valence-electron chi connectivity index (χ2n) is 10.2. The third-order valence-corrected chi connectivity index (χ3v) is 7.09. The molecule has 0 spiro atoms. The average molecular weight is 678 g/mol. The van der Waals surface area contributed by atoms with Crippen molar-refractivity contribution >= 4 is 52.8 Å². The van der Waals surface area contributed by atoms with Gasteiger partial charge >= 0.3 is 0 Å². The summed E-state index contributed by atoms with van der Waals surface area (Å²) in [5, 5.41) is 10.3. The molecule has 2 atom stereocenters. The Morgan fingerprint density at radius 1 is 0.830 bits per heavy atom. The van der Waals surface area contributed by atoms with E-state index in [1.165, 1.54) is 12.3 Å². The Hall–Kier alpha value is -5.06. The number of nitrogens with zero attached hydrogens (tertiary/aromatic N) is 1. The van der Waals surface area contributed by atoms with Crippen LogP contribution in [0.1, 0.15) is 25.0 Å². The lowest BCUT2D eigenvalue weighted by atomic mass is 10.1. The number of hydrogen-bond donors (Lipinski definition) is 3. The highest BCUT2D eigenvalue weighted by atomic mass is 35.5. The van der Waals surface area contributed by atoms with Gasteiger partial charge < -0.3 is 24.8 Å². The molecular formula is C35H34Cl2N4O6. The molecule has 0 unspecified atom stereocenters. The van der Waals surface area contributed by atoms with Gasteiger partial charge in [0.05, 0.1) is 17.8 Å². The Labute approximate surface area is 283 Å². The van der Waals surface area contributed by atoms with E-state index in [2.05, 4.69) is 21.2 Å². The largest absolute Gasteiger partial charge is 0.490 e. The quantitative estimate of drug-likeness (QED) is 0.104. The van der Waals surface area contributed by atoms with Gasteiger partial charge in [-0.2, -0.15) is 5.10 Å². The first-order valence-electron chi connectivity index (χ1n) is 14.7. The van der Waals surface area contributed by atoms with Gasteiger partial charge in [-0.3, -0.25) is 14.4 Å². The predicted octanol–water partition coefficient (Wildman–Crippen LogP) is 6.05. The highest BCUT2D eigenvalue weighted by Crippen LogP contribution is 2.29. The van der Waals surface area contributed by atoms with Crippen LogP contribution in [-0.4, -0.2) is 49.3 Å². The van der Waals surface area contributed by atoms with Crippen LogP contribution in [0.2, 0.25) is 10.0 Å².